The van der Waals surface area contributed by atoms with Crippen LogP contribution in [0.15, 0.2) is 24.3 Å². The summed E-state index contributed by atoms with van der Waals surface area (Å²) in [5.74, 6) is 0. The molecule has 0 unspecified atom stereocenters. The van der Waals surface area contributed by atoms with Crippen LogP contribution in [-0.4, -0.2) is 5.21 Å². The van der Waals surface area contributed by atoms with E-state index in [-0.39, 0.29) is 16.6 Å². The van der Waals surface area contributed by atoms with Crippen LogP contribution < -0.4 is 11.0 Å². The average molecular weight is 139 g/mol. The van der Waals surface area contributed by atoms with E-state index >= 15 is 0 Å². The van der Waals surface area contributed by atoms with Crippen molar-refractivity contribution < 1.29 is 5.21 Å². The van der Waals surface area contributed by atoms with E-state index < -0.39 is 0 Å². The van der Waals surface area contributed by atoms with Crippen LogP contribution in [0.1, 0.15) is 0 Å². The van der Waals surface area contributed by atoms with Crippen molar-refractivity contribution in [3.63, 3.8) is 0 Å². The highest BCUT2D eigenvalue weighted by atomic mass is 16.8. The van der Waals surface area contributed by atoms with E-state index in [0.717, 1.165) is 0 Å². The Bertz CT molecular complexity index is 225. The summed E-state index contributed by atoms with van der Waals surface area (Å²) in [6, 6.07) is 6.27. The Morgan fingerprint density at radius 2 is 2.00 bits per heavy atom. The highest BCUT2D eigenvalue weighted by Crippen LogP contribution is 2.19. The molecule has 54 valence electrons. The zero-order valence-corrected chi connectivity index (χ0v) is 5.19. The predicted molar refractivity (Wildman–Crippen MR) is 38.5 cm³/mol. The van der Waals surface area contributed by atoms with Gasteiger partial charge in [-0.25, -0.2) is 0 Å². The van der Waals surface area contributed by atoms with Gasteiger partial charge in [-0.3, -0.25) is 5.21 Å². The minimum atomic E-state index is -0.255. The number of anilines is 2. The molecule has 1 aromatic rings. The molecule has 0 aliphatic rings. The van der Waals surface area contributed by atoms with E-state index in [1.54, 1.807) is 12.1 Å². The van der Waals surface area contributed by atoms with E-state index in [9.17, 15) is 5.21 Å². The lowest BCUT2D eigenvalue weighted by molar-refractivity contribution is 0.297. The number of para-hydroxylation sites is 2. The van der Waals surface area contributed by atoms with Crippen LogP contribution in [0.3, 0.4) is 0 Å². The third-order valence-corrected chi connectivity index (χ3v) is 1.14. The van der Waals surface area contributed by atoms with Crippen molar-refractivity contribution in [3.05, 3.63) is 29.5 Å². The molecule has 0 aliphatic carbocycles. The molecule has 0 fully saturated rings. The molecule has 3 N–H and O–H groups in total. The fraction of sp³-hybridized carbons (Fsp3) is 0. The van der Waals surface area contributed by atoms with Crippen molar-refractivity contribution in [2.75, 3.05) is 11.0 Å². The van der Waals surface area contributed by atoms with Crippen LogP contribution in [-0.2, 0) is 0 Å². The largest absolute Gasteiger partial charge is 0.733 e. The molecule has 1 aromatic carbocycles. The van der Waals surface area contributed by atoms with Gasteiger partial charge < -0.3 is 16.2 Å². The minimum absolute atomic E-state index is 0.0718. The smallest absolute Gasteiger partial charge is 0.0738 e. The molecule has 0 saturated heterocycles. The van der Waals surface area contributed by atoms with Gasteiger partial charge in [0.1, 0.15) is 0 Å². The molecule has 4 heteroatoms. The molecule has 0 saturated carbocycles. The van der Waals surface area contributed by atoms with Gasteiger partial charge in [0.2, 0.25) is 0 Å². The summed E-state index contributed by atoms with van der Waals surface area (Å²) in [5, 5.41) is 18.4. The average Bonchev–Trinajstić information content (AvgIpc) is 1.88. The molecule has 0 aliphatic heterocycles. The van der Waals surface area contributed by atoms with Gasteiger partial charge >= 0.3 is 0 Å². The molecular weight excluding hydrogens is 132 g/mol. The highest BCUT2D eigenvalue weighted by Gasteiger charge is 1.94. The predicted octanol–water partition coefficient (Wildman–Crippen LogP) is 0.962. The van der Waals surface area contributed by atoms with Gasteiger partial charge in [0.25, 0.3) is 0 Å². The third kappa shape index (κ3) is 1.18. The summed E-state index contributed by atoms with van der Waals surface area (Å²) in [6.45, 7) is 0. The fourth-order valence-corrected chi connectivity index (χ4v) is 0.662. The van der Waals surface area contributed by atoms with Gasteiger partial charge in [-0.2, -0.15) is 0 Å². The van der Waals surface area contributed by atoms with Crippen LogP contribution in [0.25, 0.3) is 0 Å². The number of nitrogens with zero attached hydrogens (tertiary/aromatic N) is 1. The first-order valence-electron chi connectivity index (χ1n) is 2.72. The van der Waals surface area contributed by atoms with Crippen molar-refractivity contribution in [3.8, 4) is 0 Å². The van der Waals surface area contributed by atoms with E-state index in [2.05, 4.69) is 0 Å². The molecule has 10 heavy (non-hydrogen) atoms. The first-order chi connectivity index (χ1) is 4.72. The number of nitrogens with two attached hydrogens (primary N) is 1. The third-order valence-electron chi connectivity index (χ3n) is 1.14. The number of nitrogen functional groups attached to an aromatic ring is 1. The van der Waals surface area contributed by atoms with Crippen molar-refractivity contribution in [2.45, 2.75) is 0 Å². The van der Waals surface area contributed by atoms with Crippen LogP contribution in [0.5, 0.6) is 0 Å². The zero-order chi connectivity index (χ0) is 7.56. The van der Waals surface area contributed by atoms with Crippen LogP contribution >= 0.6 is 0 Å². The van der Waals surface area contributed by atoms with Gasteiger partial charge in [0.05, 0.1) is 11.4 Å². The lowest BCUT2D eigenvalue weighted by Gasteiger charge is -2.22. The van der Waals surface area contributed by atoms with Crippen molar-refractivity contribution in [1.82, 2.24) is 0 Å². The molecule has 0 atom stereocenters. The fourth-order valence-electron chi connectivity index (χ4n) is 0.662. The topological polar surface area (TPSA) is 72.5 Å². The lowest BCUT2D eigenvalue weighted by atomic mass is 10.3. The van der Waals surface area contributed by atoms with E-state index in [0.29, 0.717) is 0 Å². The normalized spacial score (nSPS) is 9.40. The summed E-state index contributed by atoms with van der Waals surface area (Å²) in [6.07, 6.45) is 0. The summed E-state index contributed by atoms with van der Waals surface area (Å²) >= 11 is 0. The quantitative estimate of drug-likeness (QED) is 0.449. The highest BCUT2D eigenvalue weighted by molar-refractivity contribution is 5.65. The Morgan fingerprint density at radius 1 is 1.40 bits per heavy atom. The Morgan fingerprint density at radius 3 is 2.40 bits per heavy atom. The monoisotopic (exact) mass is 139 g/mol. The Hall–Kier alpha value is -1.26. The SMILES string of the molecule is Nc1ccccc1N([O-])O. The number of rotatable bonds is 1. The molecule has 0 heterocycles. The van der Waals surface area contributed by atoms with Gasteiger partial charge in [0, 0.05) is 0 Å². The molecule has 0 bridgehead atoms. The summed E-state index contributed by atoms with van der Waals surface area (Å²) < 4.78 is 0. The first kappa shape index (κ1) is 6.85. The number of benzene rings is 1. The Kier molecular flexibility index (Phi) is 1.75. The zero-order valence-electron chi connectivity index (χ0n) is 5.19. The first-order valence-corrected chi connectivity index (χ1v) is 2.72. The second-order valence-corrected chi connectivity index (χ2v) is 1.83. The van der Waals surface area contributed by atoms with Crippen LogP contribution in [0.2, 0.25) is 0 Å². The van der Waals surface area contributed by atoms with Crippen molar-refractivity contribution in [1.29, 1.82) is 0 Å². The van der Waals surface area contributed by atoms with E-state index in [1.807, 2.05) is 0 Å². The maximum absolute atomic E-state index is 10.3. The molecule has 0 radical (unpaired) electrons. The second-order valence-electron chi connectivity index (χ2n) is 1.83. The summed E-state index contributed by atoms with van der Waals surface area (Å²) in [4.78, 5) is 0. The van der Waals surface area contributed by atoms with Crippen LogP contribution in [0.4, 0.5) is 11.4 Å². The van der Waals surface area contributed by atoms with Crippen molar-refractivity contribution >= 4 is 11.4 Å². The molecule has 0 amide bonds. The standard InChI is InChI=1S/C6H7N2O2/c7-5-3-1-2-4-6(5)8(9)10/h1-4,9H,7H2/q-1. The van der Waals surface area contributed by atoms with Crippen LogP contribution in [0, 0.1) is 5.21 Å². The Balaban J connectivity index is 3.03. The molecule has 4 nitrogen and oxygen atoms in total. The molecular formula is C6H7N2O2-. The maximum atomic E-state index is 10.3. The maximum Gasteiger partial charge on any atom is 0.0738 e. The number of hydrogen-bond acceptors (Lipinski definition) is 4. The van der Waals surface area contributed by atoms with Crippen molar-refractivity contribution in [2.24, 2.45) is 0 Å². The molecule has 0 spiro atoms. The lowest BCUT2D eigenvalue weighted by Crippen LogP contribution is -2.09. The summed E-state index contributed by atoms with van der Waals surface area (Å²) in [5.41, 5.74) is 5.66. The molecule has 0 aromatic heterocycles. The number of hydrogen-bond donors (Lipinski definition) is 2. The van der Waals surface area contributed by atoms with Gasteiger partial charge in [-0.05, 0) is 12.1 Å². The van der Waals surface area contributed by atoms with Gasteiger partial charge in [0.15, 0.2) is 0 Å². The van der Waals surface area contributed by atoms with E-state index in [1.165, 1.54) is 12.1 Å². The van der Waals surface area contributed by atoms with Gasteiger partial charge in [-0.1, -0.05) is 12.1 Å². The van der Waals surface area contributed by atoms with Gasteiger partial charge in [-0.15, -0.1) is 0 Å². The summed E-state index contributed by atoms with van der Waals surface area (Å²) in [7, 11) is 0. The minimum Gasteiger partial charge on any atom is -0.733 e. The molecule has 1 rings (SSSR count). The second kappa shape index (κ2) is 2.55. The Labute approximate surface area is 58.0 Å². The van der Waals surface area contributed by atoms with E-state index in [4.69, 9.17) is 10.9 Å².